The summed E-state index contributed by atoms with van der Waals surface area (Å²) in [5.74, 6) is 2.74. The molecule has 1 aromatic heterocycles. The van der Waals surface area contributed by atoms with Crippen molar-refractivity contribution in [3.63, 3.8) is 0 Å². The molecule has 2 aliphatic heterocycles. The highest BCUT2D eigenvalue weighted by Gasteiger charge is 2.44. The molecule has 1 fully saturated rings. The Morgan fingerprint density at radius 3 is 2.76 bits per heavy atom. The lowest BCUT2D eigenvalue weighted by atomic mass is 9.72. The summed E-state index contributed by atoms with van der Waals surface area (Å²) >= 11 is 1.77. The molecule has 1 aliphatic carbocycles. The van der Waals surface area contributed by atoms with Gasteiger partial charge in [0.05, 0.1) is 5.52 Å². The molecule has 42 heavy (non-hydrogen) atoms. The van der Waals surface area contributed by atoms with E-state index in [1.54, 1.807) is 11.8 Å². The number of nitrogens with zero attached hydrogens (tertiary/aromatic N) is 1. The molecule has 8 nitrogen and oxygen atoms in total. The van der Waals surface area contributed by atoms with Crippen LogP contribution < -0.4 is 20.1 Å². The van der Waals surface area contributed by atoms with E-state index in [1.807, 2.05) is 30.3 Å². The van der Waals surface area contributed by atoms with Gasteiger partial charge in [-0.05, 0) is 56.4 Å². The van der Waals surface area contributed by atoms with Crippen LogP contribution in [0.4, 0.5) is 5.69 Å². The summed E-state index contributed by atoms with van der Waals surface area (Å²) < 4.78 is 12.4. The van der Waals surface area contributed by atoms with E-state index in [4.69, 9.17) is 9.47 Å². The molecule has 3 aliphatic rings. The van der Waals surface area contributed by atoms with E-state index >= 15 is 0 Å². The zero-order valence-corrected chi connectivity index (χ0v) is 25.4. The van der Waals surface area contributed by atoms with Crippen LogP contribution in [0.1, 0.15) is 63.5 Å². The Morgan fingerprint density at radius 2 is 1.98 bits per heavy atom. The Balaban J connectivity index is 1.08. The Kier molecular flexibility index (Phi) is 8.52. The average molecular weight is 591 g/mol. The maximum atomic E-state index is 12.4. The van der Waals surface area contributed by atoms with Crippen LogP contribution in [0.3, 0.4) is 0 Å². The van der Waals surface area contributed by atoms with Crippen LogP contribution in [0.15, 0.2) is 47.6 Å². The molecule has 6 rings (SSSR count). The number of benzene rings is 2. The number of fused-ring (bicyclic) bond motifs is 3. The van der Waals surface area contributed by atoms with Crippen molar-refractivity contribution in [2.75, 3.05) is 37.4 Å². The van der Waals surface area contributed by atoms with Gasteiger partial charge in [0.2, 0.25) is 5.91 Å². The first-order chi connectivity index (χ1) is 20.4. The van der Waals surface area contributed by atoms with Gasteiger partial charge in [0.25, 0.3) is 0 Å². The largest absolute Gasteiger partial charge is 0.490 e. The standard InChI is InChI=1S/C33H42N4O4S/c1-3-32(2,16-22-18-35-31-24(22)8-6-11-27(31)41-21-29-34-14-15-42-29)36-19-23(38)20-40-26-10-7-9-25-30(26)33(12-4-5-13-33)17-28(39)37-25/h6-11,18,23,35-36,38H,3-5,12-17,19-21H2,1-2H3,(H,37,39). The number of anilines is 1. The lowest BCUT2D eigenvalue weighted by Crippen LogP contribution is -2.48. The number of H-pyrrole nitrogens is 1. The van der Waals surface area contributed by atoms with Crippen molar-refractivity contribution in [1.29, 1.82) is 0 Å². The highest BCUT2D eigenvalue weighted by molar-refractivity contribution is 8.14. The normalized spacial score (nSPS) is 19.8. The quantitative estimate of drug-likeness (QED) is 0.219. The molecule has 1 spiro atoms. The minimum atomic E-state index is -0.677. The third kappa shape index (κ3) is 6.05. The molecule has 1 amide bonds. The van der Waals surface area contributed by atoms with Crippen molar-refractivity contribution in [2.45, 2.75) is 75.9 Å². The maximum Gasteiger partial charge on any atom is 0.225 e. The van der Waals surface area contributed by atoms with Crippen LogP contribution in [-0.4, -0.2) is 64.7 Å². The molecule has 3 aromatic rings. The van der Waals surface area contributed by atoms with Crippen molar-refractivity contribution in [3.8, 4) is 11.5 Å². The third-order valence-corrected chi connectivity index (χ3v) is 10.2. The summed E-state index contributed by atoms with van der Waals surface area (Å²) in [7, 11) is 0. The number of aromatic amines is 1. The second-order valence-corrected chi connectivity index (χ2v) is 13.4. The number of nitrogens with one attached hydrogen (secondary N) is 3. The second kappa shape index (κ2) is 12.3. The van der Waals surface area contributed by atoms with E-state index in [2.05, 4.69) is 46.7 Å². The number of carbonyl (C=O) groups is 1. The smallest absolute Gasteiger partial charge is 0.225 e. The summed E-state index contributed by atoms with van der Waals surface area (Å²) in [6.07, 6.45) is 7.87. The van der Waals surface area contributed by atoms with Gasteiger partial charge >= 0.3 is 0 Å². The Morgan fingerprint density at radius 1 is 1.17 bits per heavy atom. The first kappa shape index (κ1) is 29.1. The van der Waals surface area contributed by atoms with Gasteiger partial charge in [-0.1, -0.05) is 38.0 Å². The van der Waals surface area contributed by atoms with Crippen molar-refractivity contribution in [2.24, 2.45) is 4.99 Å². The van der Waals surface area contributed by atoms with Crippen molar-refractivity contribution in [1.82, 2.24) is 10.3 Å². The molecular weight excluding hydrogens is 548 g/mol. The molecular formula is C33H42N4O4S. The molecule has 0 radical (unpaired) electrons. The van der Waals surface area contributed by atoms with Crippen molar-refractivity contribution < 1.29 is 19.4 Å². The first-order valence-electron chi connectivity index (χ1n) is 15.3. The monoisotopic (exact) mass is 590 g/mol. The number of β-amino-alcohol motifs (C(OH)–C–C–N with tert-alkyl or cyclic N) is 1. The number of thioether (sulfide) groups is 1. The fraction of sp³-hybridized carbons (Fsp3) is 0.515. The lowest BCUT2D eigenvalue weighted by molar-refractivity contribution is -0.117. The van der Waals surface area contributed by atoms with Crippen molar-refractivity contribution >= 4 is 39.3 Å². The number of carbonyl (C=O) groups excluding carboxylic acids is 1. The average Bonchev–Trinajstić information content (AvgIpc) is 3.76. The van der Waals surface area contributed by atoms with Crippen molar-refractivity contribution in [3.05, 3.63) is 53.7 Å². The van der Waals surface area contributed by atoms with Gasteiger partial charge in [-0.3, -0.25) is 9.79 Å². The number of amides is 1. The van der Waals surface area contributed by atoms with E-state index in [0.717, 1.165) is 89.5 Å². The molecule has 0 saturated heterocycles. The fourth-order valence-electron chi connectivity index (χ4n) is 6.77. The lowest BCUT2D eigenvalue weighted by Gasteiger charge is -2.36. The van der Waals surface area contributed by atoms with Gasteiger partial charge in [-0.15, -0.1) is 11.8 Å². The summed E-state index contributed by atoms with van der Waals surface area (Å²) in [6, 6.07) is 12.0. The van der Waals surface area contributed by atoms with Gasteiger partial charge in [-0.2, -0.15) is 0 Å². The van der Waals surface area contributed by atoms with Gasteiger partial charge < -0.3 is 30.2 Å². The topological polar surface area (TPSA) is 108 Å². The predicted octanol–water partition coefficient (Wildman–Crippen LogP) is 5.59. The Bertz CT molecular complexity index is 1460. The maximum absolute atomic E-state index is 12.4. The van der Waals surface area contributed by atoms with Gasteiger partial charge in [0.15, 0.2) is 0 Å². The number of aliphatic hydroxyl groups excluding tert-OH is 1. The second-order valence-electron chi connectivity index (χ2n) is 12.2. The first-order valence-corrected chi connectivity index (χ1v) is 16.2. The van der Waals surface area contributed by atoms with Crippen LogP contribution in [0.2, 0.25) is 0 Å². The number of aliphatic imine (C=N–C) groups is 1. The summed E-state index contributed by atoms with van der Waals surface area (Å²) in [4.78, 5) is 20.4. The van der Waals surface area contributed by atoms with E-state index in [-0.39, 0.29) is 23.5 Å². The predicted molar refractivity (Wildman–Crippen MR) is 170 cm³/mol. The van der Waals surface area contributed by atoms with Crippen LogP contribution in [0, 0.1) is 0 Å². The summed E-state index contributed by atoms with van der Waals surface area (Å²) in [5.41, 5.74) is 3.82. The molecule has 2 aromatic carbocycles. The number of para-hydroxylation sites is 1. The van der Waals surface area contributed by atoms with E-state index in [9.17, 15) is 9.90 Å². The number of hydrogen-bond donors (Lipinski definition) is 4. The number of ether oxygens (including phenoxy) is 2. The Hall–Kier alpha value is -3.01. The molecule has 224 valence electrons. The SMILES string of the molecule is CCC(C)(Cc1c[nH]c2c(OCC3=NCCS3)cccc12)NCC(O)COc1cccc2c1C1(CCCC1)CC(=O)N2. The van der Waals surface area contributed by atoms with Crippen LogP contribution in [0.25, 0.3) is 10.9 Å². The fourth-order valence-corrected chi connectivity index (χ4v) is 7.51. The number of aromatic nitrogens is 1. The van der Waals surface area contributed by atoms with Gasteiger partial charge in [0, 0.05) is 59.1 Å². The van der Waals surface area contributed by atoms with Crippen LogP contribution in [0.5, 0.6) is 11.5 Å². The molecule has 0 bridgehead atoms. The summed E-state index contributed by atoms with van der Waals surface area (Å²) in [5, 5.41) is 19.8. The van der Waals surface area contributed by atoms with E-state index in [0.29, 0.717) is 19.6 Å². The minimum Gasteiger partial charge on any atom is -0.490 e. The molecule has 2 unspecified atom stereocenters. The number of hydrogen-bond acceptors (Lipinski definition) is 7. The van der Waals surface area contributed by atoms with Crippen LogP contribution in [-0.2, 0) is 16.6 Å². The number of rotatable bonds is 12. The number of aliphatic hydroxyl groups is 1. The molecule has 3 heterocycles. The zero-order chi connectivity index (χ0) is 29.2. The molecule has 9 heteroatoms. The molecule has 2 atom stereocenters. The highest BCUT2D eigenvalue weighted by atomic mass is 32.2. The molecule has 1 saturated carbocycles. The molecule has 4 N–H and O–H groups in total. The Labute approximate surface area is 252 Å². The highest BCUT2D eigenvalue weighted by Crippen LogP contribution is 2.52. The van der Waals surface area contributed by atoms with E-state index < -0.39 is 6.10 Å². The van der Waals surface area contributed by atoms with Crippen LogP contribution >= 0.6 is 11.8 Å². The third-order valence-electron chi connectivity index (χ3n) is 9.21. The van der Waals surface area contributed by atoms with Gasteiger partial charge in [-0.25, -0.2) is 0 Å². The summed E-state index contributed by atoms with van der Waals surface area (Å²) in [6.45, 7) is 6.36. The van der Waals surface area contributed by atoms with E-state index in [1.165, 1.54) is 5.56 Å². The van der Waals surface area contributed by atoms with Gasteiger partial charge in [0.1, 0.15) is 35.9 Å². The zero-order valence-electron chi connectivity index (χ0n) is 24.6. The minimum absolute atomic E-state index is 0.0849.